The Bertz CT molecular complexity index is 536. The topological polar surface area (TPSA) is 12.0 Å². The highest BCUT2D eigenvalue weighted by Crippen LogP contribution is 2.26. The predicted molar refractivity (Wildman–Crippen MR) is 80.8 cm³/mol. The monoisotopic (exact) mass is 299 g/mol. The van der Waals surface area contributed by atoms with Gasteiger partial charge in [0.2, 0.25) is 0 Å². The second-order valence-corrected chi connectivity index (χ2v) is 6.14. The Labute approximate surface area is 122 Å². The molecule has 18 heavy (non-hydrogen) atoms. The summed E-state index contributed by atoms with van der Waals surface area (Å²) in [6.45, 7) is 5.08. The van der Waals surface area contributed by atoms with Crippen LogP contribution >= 0.6 is 34.5 Å². The van der Waals surface area contributed by atoms with E-state index in [1.807, 2.05) is 18.2 Å². The Balaban J connectivity index is 2.06. The van der Waals surface area contributed by atoms with E-state index in [9.17, 15) is 0 Å². The number of thiophene rings is 1. The summed E-state index contributed by atoms with van der Waals surface area (Å²) in [6.07, 6.45) is 0. The summed E-state index contributed by atoms with van der Waals surface area (Å²) in [4.78, 5) is 1.36. The maximum absolute atomic E-state index is 6.19. The fourth-order valence-corrected chi connectivity index (χ4v) is 3.11. The van der Waals surface area contributed by atoms with Gasteiger partial charge in [0.15, 0.2) is 0 Å². The lowest BCUT2D eigenvalue weighted by Gasteiger charge is -2.16. The average molecular weight is 300 g/mol. The van der Waals surface area contributed by atoms with Crippen molar-refractivity contribution in [3.8, 4) is 0 Å². The second-order valence-electron chi connectivity index (χ2n) is 4.30. The minimum absolute atomic E-state index is 0.178. The van der Waals surface area contributed by atoms with Gasteiger partial charge in [-0.1, -0.05) is 23.2 Å². The molecule has 0 amide bonds. The Morgan fingerprint density at radius 3 is 2.72 bits per heavy atom. The quantitative estimate of drug-likeness (QED) is 0.817. The normalized spacial score (nSPS) is 12.7. The minimum atomic E-state index is 0.178. The largest absolute Gasteiger partial charge is 0.305 e. The molecule has 0 saturated carbocycles. The van der Waals surface area contributed by atoms with Crippen LogP contribution in [0.4, 0.5) is 0 Å². The highest BCUT2D eigenvalue weighted by atomic mass is 35.5. The Morgan fingerprint density at radius 2 is 2.06 bits per heavy atom. The number of hydrogen-bond donors (Lipinski definition) is 1. The zero-order valence-corrected chi connectivity index (χ0v) is 12.7. The Morgan fingerprint density at radius 1 is 1.28 bits per heavy atom. The van der Waals surface area contributed by atoms with Crippen molar-refractivity contribution < 1.29 is 0 Å². The second kappa shape index (κ2) is 6.07. The standard InChI is InChI=1S/C14H15Cl2NS/c1-9-5-6-18-14(9)8-17-10(2)12-7-11(15)3-4-13(12)16/h3-7,10,17H,8H2,1-2H3. The fraction of sp³-hybridized carbons (Fsp3) is 0.286. The first-order valence-electron chi connectivity index (χ1n) is 5.79. The summed E-state index contributed by atoms with van der Waals surface area (Å²) in [5.41, 5.74) is 2.37. The van der Waals surface area contributed by atoms with Gasteiger partial charge in [0.1, 0.15) is 0 Å². The van der Waals surface area contributed by atoms with Crippen LogP contribution in [-0.2, 0) is 6.54 Å². The summed E-state index contributed by atoms with van der Waals surface area (Å²) in [5.74, 6) is 0. The van der Waals surface area contributed by atoms with Crippen LogP contribution in [0.5, 0.6) is 0 Å². The van der Waals surface area contributed by atoms with Gasteiger partial charge in [-0.2, -0.15) is 0 Å². The van der Waals surface area contributed by atoms with Crippen molar-refractivity contribution in [1.29, 1.82) is 0 Å². The zero-order valence-electron chi connectivity index (χ0n) is 10.3. The molecular formula is C14H15Cl2NS. The molecule has 96 valence electrons. The summed E-state index contributed by atoms with van der Waals surface area (Å²) in [6, 6.07) is 7.89. The number of halogens is 2. The van der Waals surface area contributed by atoms with Crippen LogP contribution in [0, 0.1) is 6.92 Å². The maximum atomic E-state index is 6.19. The van der Waals surface area contributed by atoms with Gasteiger partial charge in [-0.3, -0.25) is 0 Å². The van der Waals surface area contributed by atoms with Gasteiger partial charge in [-0.15, -0.1) is 11.3 Å². The lowest BCUT2D eigenvalue weighted by Crippen LogP contribution is -2.18. The van der Waals surface area contributed by atoms with E-state index in [1.165, 1.54) is 10.4 Å². The summed E-state index contributed by atoms with van der Waals surface area (Å²) in [5, 5.41) is 7.06. The minimum Gasteiger partial charge on any atom is -0.305 e. The molecule has 0 spiro atoms. The molecule has 1 aromatic carbocycles. The SMILES string of the molecule is Cc1ccsc1CNC(C)c1cc(Cl)ccc1Cl. The number of benzene rings is 1. The lowest BCUT2D eigenvalue weighted by molar-refractivity contribution is 0.578. The van der Waals surface area contributed by atoms with Crippen molar-refractivity contribution >= 4 is 34.5 Å². The van der Waals surface area contributed by atoms with E-state index < -0.39 is 0 Å². The summed E-state index contributed by atoms with van der Waals surface area (Å²) in [7, 11) is 0. The van der Waals surface area contributed by atoms with E-state index in [2.05, 4.69) is 30.6 Å². The number of nitrogens with one attached hydrogen (secondary N) is 1. The molecule has 0 fully saturated rings. The van der Waals surface area contributed by atoms with Crippen LogP contribution < -0.4 is 5.32 Å². The average Bonchev–Trinajstić information content (AvgIpc) is 2.75. The highest BCUT2D eigenvalue weighted by molar-refractivity contribution is 7.10. The molecule has 0 aliphatic rings. The number of rotatable bonds is 4. The van der Waals surface area contributed by atoms with Gasteiger partial charge >= 0.3 is 0 Å². The molecule has 0 bridgehead atoms. The highest BCUT2D eigenvalue weighted by Gasteiger charge is 2.10. The van der Waals surface area contributed by atoms with Gasteiger partial charge in [0.05, 0.1) is 0 Å². The summed E-state index contributed by atoms with van der Waals surface area (Å²) >= 11 is 14.0. The van der Waals surface area contributed by atoms with Crippen LogP contribution in [0.2, 0.25) is 10.0 Å². The third-order valence-electron chi connectivity index (χ3n) is 2.96. The first-order chi connectivity index (χ1) is 8.58. The van der Waals surface area contributed by atoms with Crippen LogP contribution in [0.15, 0.2) is 29.6 Å². The lowest BCUT2D eigenvalue weighted by atomic mass is 10.1. The summed E-state index contributed by atoms with van der Waals surface area (Å²) < 4.78 is 0. The molecule has 1 heterocycles. The molecule has 0 radical (unpaired) electrons. The maximum Gasteiger partial charge on any atom is 0.0454 e. The molecule has 4 heteroatoms. The van der Waals surface area contributed by atoms with E-state index in [0.717, 1.165) is 22.2 Å². The molecule has 0 saturated heterocycles. The van der Waals surface area contributed by atoms with E-state index in [0.29, 0.717) is 0 Å². The number of hydrogen-bond acceptors (Lipinski definition) is 2. The molecule has 1 atom stereocenters. The number of aryl methyl sites for hydroxylation is 1. The molecule has 1 nitrogen and oxygen atoms in total. The van der Waals surface area contributed by atoms with Crippen molar-refractivity contribution in [3.63, 3.8) is 0 Å². The Hall–Kier alpha value is -0.540. The molecule has 1 unspecified atom stereocenters. The van der Waals surface area contributed by atoms with E-state index in [4.69, 9.17) is 23.2 Å². The molecule has 1 aromatic heterocycles. The first-order valence-corrected chi connectivity index (χ1v) is 7.43. The fourth-order valence-electron chi connectivity index (χ4n) is 1.79. The first kappa shape index (κ1) is 13.9. The van der Waals surface area contributed by atoms with Gasteiger partial charge in [-0.25, -0.2) is 0 Å². The van der Waals surface area contributed by atoms with Gasteiger partial charge in [0.25, 0.3) is 0 Å². The van der Waals surface area contributed by atoms with Crippen molar-refractivity contribution in [2.75, 3.05) is 0 Å². The van der Waals surface area contributed by atoms with Crippen LogP contribution in [0.3, 0.4) is 0 Å². The smallest absolute Gasteiger partial charge is 0.0454 e. The van der Waals surface area contributed by atoms with Crippen molar-refractivity contribution in [2.24, 2.45) is 0 Å². The predicted octanol–water partition coefficient (Wildman–Crippen LogP) is 5.21. The van der Waals surface area contributed by atoms with Crippen molar-refractivity contribution in [2.45, 2.75) is 26.4 Å². The van der Waals surface area contributed by atoms with Crippen LogP contribution in [0.1, 0.15) is 29.0 Å². The van der Waals surface area contributed by atoms with Gasteiger partial charge in [0, 0.05) is 27.5 Å². The molecular weight excluding hydrogens is 285 g/mol. The molecule has 0 aliphatic heterocycles. The van der Waals surface area contributed by atoms with Crippen LogP contribution in [-0.4, -0.2) is 0 Å². The zero-order chi connectivity index (χ0) is 13.1. The third-order valence-corrected chi connectivity index (χ3v) is 4.56. The molecule has 2 rings (SSSR count). The van der Waals surface area contributed by atoms with E-state index >= 15 is 0 Å². The Kier molecular flexibility index (Phi) is 4.68. The molecule has 2 aromatic rings. The van der Waals surface area contributed by atoms with Gasteiger partial charge in [-0.05, 0) is 54.6 Å². The van der Waals surface area contributed by atoms with E-state index in [-0.39, 0.29) is 6.04 Å². The van der Waals surface area contributed by atoms with E-state index in [1.54, 1.807) is 11.3 Å². The molecule has 1 N–H and O–H groups in total. The molecule has 0 aliphatic carbocycles. The van der Waals surface area contributed by atoms with Crippen molar-refractivity contribution in [1.82, 2.24) is 5.32 Å². The van der Waals surface area contributed by atoms with Gasteiger partial charge < -0.3 is 5.32 Å². The van der Waals surface area contributed by atoms with Crippen LogP contribution in [0.25, 0.3) is 0 Å². The van der Waals surface area contributed by atoms with Crippen molar-refractivity contribution in [3.05, 3.63) is 55.7 Å². The third kappa shape index (κ3) is 3.27.